The average Bonchev–Trinajstić information content (AvgIpc) is 2.58. The van der Waals surface area contributed by atoms with Crippen molar-refractivity contribution in [2.24, 2.45) is 0 Å². The molecule has 2 rings (SSSR count). The third-order valence-corrected chi connectivity index (χ3v) is 3.48. The van der Waals surface area contributed by atoms with Crippen LogP contribution in [0, 0.1) is 5.82 Å². The number of benzene rings is 2. The normalized spacial score (nSPS) is 12.2. The van der Waals surface area contributed by atoms with E-state index in [2.05, 4.69) is 10.1 Å². The monoisotopic (exact) mass is 355 g/mol. The van der Waals surface area contributed by atoms with Gasteiger partial charge in [-0.25, -0.2) is 4.39 Å². The first-order chi connectivity index (χ1) is 12.0. The highest BCUT2D eigenvalue weighted by Gasteiger charge is 2.16. The van der Waals surface area contributed by atoms with E-state index in [0.717, 1.165) is 0 Å². The van der Waals surface area contributed by atoms with E-state index in [9.17, 15) is 18.3 Å². The van der Waals surface area contributed by atoms with Crippen LogP contribution >= 0.6 is 0 Å². The van der Waals surface area contributed by atoms with Crippen LogP contribution in [0.5, 0.6) is 11.5 Å². The molecule has 0 heterocycles. The molecule has 0 spiro atoms. The molecule has 0 saturated heterocycles. The van der Waals surface area contributed by atoms with Gasteiger partial charge in [-0.2, -0.15) is 8.78 Å². The van der Waals surface area contributed by atoms with E-state index >= 15 is 0 Å². The Hall–Kier alpha value is -2.25. The van der Waals surface area contributed by atoms with Crippen LogP contribution in [0.15, 0.2) is 42.5 Å². The van der Waals surface area contributed by atoms with E-state index in [1.807, 2.05) is 0 Å². The van der Waals surface area contributed by atoms with E-state index in [4.69, 9.17) is 4.74 Å². The highest BCUT2D eigenvalue weighted by Crippen LogP contribution is 2.32. The van der Waals surface area contributed by atoms with Crippen LogP contribution in [0.25, 0.3) is 0 Å². The SMILES string of the molecule is CCOc1cccc(CNCC(O)c2ccc(F)cc2)c1OC(F)F. The highest BCUT2D eigenvalue weighted by molar-refractivity contribution is 5.46. The third-order valence-electron chi connectivity index (χ3n) is 3.48. The van der Waals surface area contributed by atoms with Gasteiger partial charge < -0.3 is 19.9 Å². The molecule has 0 fully saturated rings. The fourth-order valence-corrected chi connectivity index (χ4v) is 2.34. The summed E-state index contributed by atoms with van der Waals surface area (Å²) in [6.07, 6.45) is -0.852. The number of nitrogens with one attached hydrogen (secondary N) is 1. The number of hydrogen-bond acceptors (Lipinski definition) is 4. The summed E-state index contributed by atoms with van der Waals surface area (Å²) < 4.78 is 48.1. The molecule has 0 amide bonds. The fraction of sp³-hybridized carbons (Fsp3) is 0.333. The number of alkyl halides is 2. The van der Waals surface area contributed by atoms with E-state index in [1.54, 1.807) is 25.1 Å². The van der Waals surface area contributed by atoms with Crippen LogP contribution in [0.3, 0.4) is 0 Å². The summed E-state index contributed by atoms with van der Waals surface area (Å²) in [6, 6.07) is 10.4. The zero-order valence-electron chi connectivity index (χ0n) is 13.7. The number of ether oxygens (including phenoxy) is 2. The Balaban J connectivity index is 2.01. The molecule has 0 aliphatic carbocycles. The summed E-state index contributed by atoms with van der Waals surface area (Å²) in [5, 5.41) is 13.1. The maximum atomic E-state index is 12.9. The van der Waals surface area contributed by atoms with E-state index < -0.39 is 12.7 Å². The van der Waals surface area contributed by atoms with Gasteiger partial charge in [0.1, 0.15) is 5.82 Å². The molecule has 136 valence electrons. The predicted molar refractivity (Wildman–Crippen MR) is 87.3 cm³/mol. The minimum Gasteiger partial charge on any atom is -0.490 e. The summed E-state index contributed by atoms with van der Waals surface area (Å²) in [4.78, 5) is 0. The molecule has 25 heavy (non-hydrogen) atoms. The van der Waals surface area contributed by atoms with Crippen LogP contribution in [0.2, 0.25) is 0 Å². The van der Waals surface area contributed by atoms with E-state index in [1.165, 1.54) is 24.3 Å². The van der Waals surface area contributed by atoms with Crippen molar-refractivity contribution in [1.82, 2.24) is 5.32 Å². The number of aliphatic hydroxyl groups is 1. The molecule has 0 bridgehead atoms. The largest absolute Gasteiger partial charge is 0.490 e. The highest BCUT2D eigenvalue weighted by atomic mass is 19.3. The van der Waals surface area contributed by atoms with Crippen LogP contribution in [-0.4, -0.2) is 24.9 Å². The second-order valence-electron chi connectivity index (χ2n) is 5.25. The lowest BCUT2D eigenvalue weighted by atomic mass is 10.1. The summed E-state index contributed by atoms with van der Waals surface area (Å²) in [6.45, 7) is -0.541. The molecule has 1 atom stereocenters. The second-order valence-corrected chi connectivity index (χ2v) is 5.25. The Morgan fingerprint density at radius 1 is 1.12 bits per heavy atom. The topological polar surface area (TPSA) is 50.7 Å². The second kappa shape index (κ2) is 9.29. The molecule has 0 aromatic heterocycles. The predicted octanol–water partition coefficient (Wildman–Crippen LogP) is 3.65. The van der Waals surface area contributed by atoms with E-state index in [0.29, 0.717) is 17.7 Å². The van der Waals surface area contributed by atoms with Crippen LogP contribution < -0.4 is 14.8 Å². The van der Waals surface area contributed by atoms with Gasteiger partial charge in [0.05, 0.1) is 12.7 Å². The van der Waals surface area contributed by atoms with Crippen molar-refractivity contribution in [3.05, 3.63) is 59.4 Å². The molecule has 4 nitrogen and oxygen atoms in total. The molecule has 1 unspecified atom stereocenters. The van der Waals surface area contributed by atoms with Crippen molar-refractivity contribution in [2.45, 2.75) is 26.2 Å². The van der Waals surface area contributed by atoms with Crippen LogP contribution in [-0.2, 0) is 6.54 Å². The van der Waals surface area contributed by atoms with Crippen molar-refractivity contribution in [3.8, 4) is 11.5 Å². The van der Waals surface area contributed by atoms with Gasteiger partial charge in [0.15, 0.2) is 11.5 Å². The molecule has 2 aromatic carbocycles. The first-order valence-electron chi connectivity index (χ1n) is 7.85. The van der Waals surface area contributed by atoms with Crippen molar-refractivity contribution >= 4 is 0 Å². The lowest BCUT2D eigenvalue weighted by molar-refractivity contribution is -0.0521. The lowest BCUT2D eigenvalue weighted by Crippen LogP contribution is -2.21. The minimum absolute atomic E-state index is 0.0249. The molecule has 2 aromatic rings. The Labute approximate surface area is 144 Å². The first-order valence-corrected chi connectivity index (χ1v) is 7.85. The molecule has 2 N–H and O–H groups in total. The molecule has 0 saturated carbocycles. The number of hydrogen-bond donors (Lipinski definition) is 2. The third kappa shape index (κ3) is 5.65. The van der Waals surface area contributed by atoms with E-state index in [-0.39, 0.29) is 30.4 Å². The number of para-hydroxylation sites is 1. The zero-order chi connectivity index (χ0) is 18.2. The van der Waals surface area contributed by atoms with Gasteiger partial charge in [-0.1, -0.05) is 24.3 Å². The van der Waals surface area contributed by atoms with Crippen molar-refractivity contribution < 1.29 is 27.8 Å². The molecule has 0 aliphatic heterocycles. The van der Waals surface area contributed by atoms with Crippen LogP contribution in [0.1, 0.15) is 24.2 Å². The van der Waals surface area contributed by atoms with Crippen molar-refractivity contribution in [1.29, 1.82) is 0 Å². The Bertz CT molecular complexity index is 665. The summed E-state index contributed by atoms with van der Waals surface area (Å²) in [5.41, 5.74) is 1.04. The maximum Gasteiger partial charge on any atom is 0.387 e. The Morgan fingerprint density at radius 2 is 1.84 bits per heavy atom. The standard InChI is InChI=1S/C18H20F3NO3/c1-2-24-16-5-3-4-13(17(16)25-18(20)21)10-22-11-15(23)12-6-8-14(19)9-7-12/h3-9,15,18,22-23H,2,10-11H2,1H3. The van der Waals surface area contributed by atoms with Gasteiger partial charge in [0, 0.05) is 18.7 Å². The fourth-order valence-electron chi connectivity index (χ4n) is 2.34. The van der Waals surface area contributed by atoms with Gasteiger partial charge in [-0.15, -0.1) is 0 Å². The van der Waals surface area contributed by atoms with Crippen molar-refractivity contribution in [2.75, 3.05) is 13.2 Å². The average molecular weight is 355 g/mol. The van der Waals surface area contributed by atoms with Gasteiger partial charge in [-0.3, -0.25) is 0 Å². The smallest absolute Gasteiger partial charge is 0.387 e. The van der Waals surface area contributed by atoms with Gasteiger partial charge in [0.25, 0.3) is 0 Å². The molecule has 0 radical (unpaired) electrons. The lowest BCUT2D eigenvalue weighted by Gasteiger charge is -2.17. The van der Waals surface area contributed by atoms with Crippen molar-refractivity contribution in [3.63, 3.8) is 0 Å². The zero-order valence-corrected chi connectivity index (χ0v) is 13.7. The molecule has 7 heteroatoms. The summed E-state index contributed by atoms with van der Waals surface area (Å²) in [7, 11) is 0. The number of aliphatic hydroxyl groups excluding tert-OH is 1. The van der Waals surface area contributed by atoms with Crippen LogP contribution in [0.4, 0.5) is 13.2 Å². The summed E-state index contributed by atoms with van der Waals surface area (Å²) >= 11 is 0. The van der Waals surface area contributed by atoms with Gasteiger partial charge >= 0.3 is 6.61 Å². The number of halogens is 3. The first kappa shape index (κ1) is 19.1. The minimum atomic E-state index is -2.97. The Morgan fingerprint density at radius 3 is 2.48 bits per heavy atom. The molecule has 0 aliphatic rings. The molecular formula is C18H20F3NO3. The summed E-state index contributed by atoms with van der Waals surface area (Å²) in [5.74, 6) is -0.172. The van der Waals surface area contributed by atoms with Gasteiger partial charge in [-0.05, 0) is 30.7 Å². The maximum absolute atomic E-state index is 12.9. The molecular weight excluding hydrogens is 335 g/mol. The quantitative estimate of drug-likeness (QED) is 0.721. The Kier molecular flexibility index (Phi) is 7.09. The number of rotatable bonds is 9. The van der Waals surface area contributed by atoms with Gasteiger partial charge in [0.2, 0.25) is 0 Å².